The van der Waals surface area contributed by atoms with Gasteiger partial charge in [-0.1, -0.05) is 152 Å². The Kier molecular flexibility index (Phi) is 8.16. The van der Waals surface area contributed by atoms with E-state index in [1.807, 2.05) is 24.3 Å². The molecule has 278 valence electrons. The molecule has 3 aromatic heterocycles. The molecular formula is C55H38N4. The lowest BCUT2D eigenvalue weighted by Crippen LogP contribution is -2.00. The highest BCUT2D eigenvalue weighted by Gasteiger charge is 2.22. The van der Waals surface area contributed by atoms with Crippen molar-refractivity contribution < 1.29 is 0 Å². The van der Waals surface area contributed by atoms with Crippen LogP contribution in [0.5, 0.6) is 0 Å². The third kappa shape index (κ3) is 5.68. The van der Waals surface area contributed by atoms with Crippen molar-refractivity contribution in [3.05, 3.63) is 212 Å². The van der Waals surface area contributed by atoms with Gasteiger partial charge in [0.2, 0.25) is 0 Å². The molecular weight excluding hydrogens is 717 g/mol. The van der Waals surface area contributed by atoms with E-state index in [2.05, 4.69) is 199 Å². The number of hydrogen-bond acceptors (Lipinski definition) is 2. The molecule has 0 bridgehead atoms. The number of para-hydroxylation sites is 2. The van der Waals surface area contributed by atoms with E-state index in [0.717, 1.165) is 66.8 Å². The monoisotopic (exact) mass is 754 g/mol. The molecule has 0 N–H and O–H groups in total. The summed E-state index contributed by atoms with van der Waals surface area (Å²) in [7, 11) is 0. The van der Waals surface area contributed by atoms with E-state index in [4.69, 9.17) is 9.97 Å². The zero-order valence-electron chi connectivity index (χ0n) is 32.5. The number of nitrogens with zero attached hydrogens (tertiary/aromatic N) is 4. The predicted octanol–water partition coefficient (Wildman–Crippen LogP) is 14.3. The van der Waals surface area contributed by atoms with Crippen molar-refractivity contribution >= 4 is 60.5 Å². The Morgan fingerprint density at radius 3 is 1.81 bits per heavy atom. The molecule has 0 aliphatic carbocycles. The van der Waals surface area contributed by atoms with Crippen LogP contribution < -0.4 is 0 Å². The summed E-state index contributed by atoms with van der Waals surface area (Å²) >= 11 is 0. The maximum atomic E-state index is 5.26. The minimum Gasteiger partial charge on any atom is -0.309 e. The average molecular weight is 755 g/mol. The average Bonchev–Trinajstić information content (AvgIpc) is 3.80. The first-order chi connectivity index (χ1) is 29.1. The fourth-order valence-corrected chi connectivity index (χ4v) is 8.89. The Morgan fingerprint density at radius 2 is 1.10 bits per heavy atom. The van der Waals surface area contributed by atoms with E-state index in [-0.39, 0.29) is 0 Å². The smallest absolute Gasteiger partial charge is 0.160 e. The van der Waals surface area contributed by atoms with Crippen molar-refractivity contribution in [3.63, 3.8) is 0 Å². The first kappa shape index (κ1) is 34.4. The summed E-state index contributed by atoms with van der Waals surface area (Å²) in [5.74, 6) is 0.681. The van der Waals surface area contributed by atoms with Crippen molar-refractivity contribution in [3.8, 4) is 45.3 Å². The predicted molar refractivity (Wildman–Crippen MR) is 248 cm³/mol. The highest BCUT2D eigenvalue weighted by molar-refractivity contribution is 6.21. The first-order valence-electron chi connectivity index (χ1n) is 20.0. The van der Waals surface area contributed by atoms with Crippen LogP contribution >= 0.6 is 0 Å². The van der Waals surface area contributed by atoms with Crippen LogP contribution in [0.4, 0.5) is 0 Å². The highest BCUT2D eigenvalue weighted by Crippen LogP contribution is 2.43. The quantitative estimate of drug-likeness (QED) is 0.152. The summed E-state index contributed by atoms with van der Waals surface area (Å²) in [6, 6.07) is 64.8. The second-order valence-corrected chi connectivity index (χ2v) is 15.1. The molecule has 0 aliphatic heterocycles. The van der Waals surface area contributed by atoms with Gasteiger partial charge in [0, 0.05) is 49.3 Å². The minimum absolute atomic E-state index is 0.681. The van der Waals surface area contributed by atoms with E-state index in [1.165, 1.54) is 38.2 Å². The standard InChI is InChI=1S/C55H38N4/c1-3-4-25-42-36(2)29-30-50-54(42)46-33-45-44-27-16-17-28-49(44)59(52(45)35-53(46)58(50)41-23-12-7-13-24-41)51-32-40(31-39-22-14-15-26-43(39)51)55-56-47(37-18-8-5-9-19-37)34-48(57-55)38-20-10-6-11-21-38/h3-35H,1H2,2H3/b25-4-. The van der Waals surface area contributed by atoms with Gasteiger partial charge in [0.1, 0.15) is 0 Å². The second kappa shape index (κ2) is 14.0. The van der Waals surface area contributed by atoms with E-state index in [9.17, 15) is 0 Å². The molecule has 4 nitrogen and oxygen atoms in total. The van der Waals surface area contributed by atoms with Crippen LogP contribution in [0.15, 0.2) is 201 Å². The van der Waals surface area contributed by atoms with Gasteiger partial charge < -0.3 is 9.13 Å². The largest absolute Gasteiger partial charge is 0.309 e. The van der Waals surface area contributed by atoms with Crippen LogP contribution in [-0.4, -0.2) is 19.1 Å². The molecule has 0 amide bonds. The molecule has 3 heterocycles. The van der Waals surface area contributed by atoms with Crippen LogP contribution in [0.2, 0.25) is 0 Å². The molecule has 59 heavy (non-hydrogen) atoms. The zero-order valence-corrected chi connectivity index (χ0v) is 32.5. The molecule has 0 aliphatic rings. The molecule has 4 heteroatoms. The van der Waals surface area contributed by atoms with Crippen LogP contribution in [0, 0.1) is 6.92 Å². The third-order valence-electron chi connectivity index (χ3n) is 11.6. The SMILES string of the molecule is C=C/C=C\c1c(C)ccc2c1c1cc3c4ccccc4n(-c4cc(-c5nc(-c6ccccc6)cc(-c6ccccc6)n5)cc5ccccc45)c3cc1n2-c1ccccc1. The van der Waals surface area contributed by atoms with Crippen molar-refractivity contribution in [2.45, 2.75) is 6.92 Å². The van der Waals surface area contributed by atoms with E-state index in [1.54, 1.807) is 0 Å². The number of benzene rings is 8. The van der Waals surface area contributed by atoms with Gasteiger partial charge in [0.15, 0.2) is 5.82 Å². The maximum absolute atomic E-state index is 5.26. The summed E-state index contributed by atoms with van der Waals surface area (Å²) in [6.45, 7) is 6.18. The van der Waals surface area contributed by atoms with Crippen molar-refractivity contribution in [1.82, 2.24) is 19.1 Å². The van der Waals surface area contributed by atoms with E-state index >= 15 is 0 Å². The van der Waals surface area contributed by atoms with E-state index in [0.29, 0.717) is 5.82 Å². The Morgan fingerprint density at radius 1 is 0.475 bits per heavy atom. The number of aryl methyl sites for hydroxylation is 1. The molecule has 0 fully saturated rings. The first-order valence-corrected chi connectivity index (χ1v) is 20.0. The molecule has 0 spiro atoms. The summed E-state index contributed by atoms with van der Waals surface area (Å²) in [5, 5.41) is 7.11. The van der Waals surface area contributed by atoms with Gasteiger partial charge in [-0.15, -0.1) is 0 Å². The zero-order chi connectivity index (χ0) is 39.5. The van der Waals surface area contributed by atoms with Gasteiger partial charge in [-0.3, -0.25) is 0 Å². The van der Waals surface area contributed by atoms with Gasteiger partial charge in [-0.2, -0.15) is 0 Å². The fraction of sp³-hybridized carbons (Fsp3) is 0.0182. The Labute approximate surface area is 342 Å². The molecule has 0 unspecified atom stereocenters. The second-order valence-electron chi connectivity index (χ2n) is 15.1. The molecule has 0 atom stereocenters. The Balaban J connectivity index is 1.24. The van der Waals surface area contributed by atoms with Crippen LogP contribution in [0.25, 0.3) is 106 Å². The van der Waals surface area contributed by atoms with Crippen molar-refractivity contribution in [1.29, 1.82) is 0 Å². The summed E-state index contributed by atoms with van der Waals surface area (Å²) in [4.78, 5) is 10.5. The summed E-state index contributed by atoms with van der Waals surface area (Å²) in [5.41, 5.74) is 14.0. The van der Waals surface area contributed by atoms with Gasteiger partial charge in [-0.25, -0.2) is 9.97 Å². The molecule has 0 saturated heterocycles. The third-order valence-corrected chi connectivity index (χ3v) is 11.6. The molecule has 0 radical (unpaired) electrons. The fourth-order valence-electron chi connectivity index (χ4n) is 8.89. The highest BCUT2D eigenvalue weighted by atomic mass is 15.0. The number of allylic oxidation sites excluding steroid dienone is 2. The number of fused-ring (bicyclic) bond motifs is 7. The Hall–Kier alpha value is -7.82. The normalized spacial score (nSPS) is 11.8. The molecule has 8 aromatic carbocycles. The number of aromatic nitrogens is 4. The number of hydrogen-bond donors (Lipinski definition) is 0. The number of rotatable bonds is 7. The lowest BCUT2D eigenvalue weighted by atomic mass is 10.00. The Bertz CT molecular complexity index is 3390. The van der Waals surface area contributed by atoms with Gasteiger partial charge in [0.25, 0.3) is 0 Å². The molecule has 11 aromatic rings. The lowest BCUT2D eigenvalue weighted by Gasteiger charge is -2.15. The molecule has 11 rings (SSSR count). The van der Waals surface area contributed by atoms with Crippen molar-refractivity contribution in [2.75, 3.05) is 0 Å². The van der Waals surface area contributed by atoms with Crippen molar-refractivity contribution in [2.24, 2.45) is 0 Å². The molecule has 0 saturated carbocycles. The minimum atomic E-state index is 0.681. The van der Waals surface area contributed by atoms with Gasteiger partial charge in [0.05, 0.1) is 39.1 Å². The summed E-state index contributed by atoms with van der Waals surface area (Å²) < 4.78 is 4.87. The summed E-state index contributed by atoms with van der Waals surface area (Å²) in [6.07, 6.45) is 6.09. The van der Waals surface area contributed by atoms with Crippen LogP contribution in [-0.2, 0) is 0 Å². The van der Waals surface area contributed by atoms with Gasteiger partial charge >= 0.3 is 0 Å². The van der Waals surface area contributed by atoms with Crippen LogP contribution in [0.3, 0.4) is 0 Å². The maximum Gasteiger partial charge on any atom is 0.160 e. The van der Waals surface area contributed by atoms with E-state index < -0.39 is 0 Å². The van der Waals surface area contributed by atoms with Crippen LogP contribution in [0.1, 0.15) is 11.1 Å². The lowest BCUT2D eigenvalue weighted by molar-refractivity contribution is 1.16. The topological polar surface area (TPSA) is 35.6 Å². The van der Waals surface area contributed by atoms with Gasteiger partial charge in [-0.05, 0) is 78.0 Å².